The van der Waals surface area contributed by atoms with Crippen molar-refractivity contribution in [2.45, 2.75) is 81.2 Å². The number of benzene rings is 4. The van der Waals surface area contributed by atoms with Crippen LogP contribution in [-0.4, -0.2) is 5.43 Å². The van der Waals surface area contributed by atoms with E-state index >= 15 is 0 Å². The van der Waals surface area contributed by atoms with E-state index in [9.17, 15) is 0 Å². The predicted octanol–water partition coefficient (Wildman–Crippen LogP) is 6.06. The minimum Gasteiger partial charge on any atom is -1.00 e. The molecule has 4 heteroatoms. The Morgan fingerprint density at radius 3 is 1.65 bits per heavy atom. The second kappa shape index (κ2) is 14.3. The molecule has 0 radical (unpaired) electrons. The minimum absolute atomic E-state index is 0. The third kappa shape index (κ3) is 6.80. The van der Waals surface area contributed by atoms with Gasteiger partial charge in [-0.25, -0.2) is 0 Å². The fourth-order valence-electron chi connectivity index (χ4n) is 7.69. The van der Waals surface area contributed by atoms with Gasteiger partial charge >= 0.3 is 276 Å². The molecule has 2 unspecified atom stereocenters. The van der Waals surface area contributed by atoms with Crippen molar-refractivity contribution in [3.05, 3.63) is 129 Å². The van der Waals surface area contributed by atoms with Crippen LogP contribution in [0.2, 0.25) is 13.1 Å². The summed E-state index contributed by atoms with van der Waals surface area (Å²) in [6.07, 6.45) is 5.21. The number of halogens is 2. The summed E-state index contributed by atoms with van der Waals surface area (Å²) in [5, 5.41) is 0. The molecule has 0 saturated heterocycles. The summed E-state index contributed by atoms with van der Waals surface area (Å²) in [7, 11) is 0. The smallest absolute Gasteiger partial charge is 1.00 e. The Balaban J connectivity index is 0.00000240. The Morgan fingerprint density at radius 1 is 0.652 bits per heavy atom. The van der Waals surface area contributed by atoms with E-state index in [0.717, 1.165) is 0 Å². The number of fused-ring (bicyclic) bond motifs is 2. The van der Waals surface area contributed by atoms with Crippen LogP contribution in [0.3, 0.4) is 0 Å². The first-order valence-electron chi connectivity index (χ1n) is 16.4. The van der Waals surface area contributed by atoms with Gasteiger partial charge in [0.2, 0.25) is 0 Å². The molecule has 0 heterocycles. The van der Waals surface area contributed by atoms with Crippen molar-refractivity contribution in [2.75, 3.05) is 0 Å². The van der Waals surface area contributed by atoms with Crippen LogP contribution in [0.4, 0.5) is 0 Å². The summed E-state index contributed by atoms with van der Waals surface area (Å²) >= 11 is -2.21. The second-order valence-corrected chi connectivity index (χ2v) is 32.7. The van der Waals surface area contributed by atoms with E-state index < -0.39 is 25.8 Å². The van der Waals surface area contributed by atoms with E-state index in [2.05, 4.69) is 159 Å². The Kier molecular flexibility index (Phi) is 11.4. The quantitative estimate of drug-likeness (QED) is 0.218. The molecular weight excluding hydrogens is 695 g/mol. The molecule has 46 heavy (non-hydrogen) atoms. The fourth-order valence-corrected chi connectivity index (χ4v) is 28.5. The van der Waals surface area contributed by atoms with Crippen LogP contribution < -0.4 is 24.8 Å². The standard InChI is InChI=1S/C23H27.C17H15.C2H6Si.2ClH.Zr/c1-15(2)18-13-19-11-16(3)12-21(22(19)14-18)17-7-9-20(10-8-17)23(4,5)6;1-12-8-15-9-13(2)11-17(15)16(10-12)14-6-4-3-5-7-14;1-3-2;;;/h7-15H,1-6H3;3-11H,1-2H3;1-2H3;2*1H;/q;;;;;+2/p-2. The predicted molar refractivity (Wildman–Crippen MR) is 191 cm³/mol. The fraction of sp³-hybridized carbons (Fsp3) is 0.333. The molecule has 6 rings (SSSR count). The third-order valence-corrected chi connectivity index (χ3v) is 29.4. The van der Waals surface area contributed by atoms with Crippen LogP contribution in [0, 0.1) is 19.8 Å². The van der Waals surface area contributed by atoms with Gasteiger partial charge in [0.05, 0.1) is 0 Å². The van der Waals surface area contributed by atoms with Gasteiger partial charge in [-0.1, -0.05) is 0 Å². The SMILES string of the molecule is CC1=Cc2c(-c3ccccc3)cc(C)cc2[CH]1[Zr+2]([CH]1C(C(C)C)=Cc2c(-c3ccc(C(C)(C)C)cc3)cc(C)cc21)=[Si](C)C.[Cl-].[Cl-]. The average Bonchev–Trinajstić information content (AvgIpc) is 3.50. The molecule has 2 atom stereocenters. The van der Waals surface area contributed by atoms with Crippen molar-refractivity contribution in [3.8, 4) is 22.3 Å². The van der Waals surface area contributed by atoms with Crippen LogP contribution >= 0.6 is 0 Å². The van der Waals surface area contributed by atoms with Crippen molar-refractivity contribution in [2.24, 2.45) is 5.92 Å². The van der Waals surface area contributed by atoms with E-state index in [1.54, 1.807) is 22.3 Å². The van der Waals surface area contributed by atoms with Gasteiger partial charge in [-0.05, 0) is 0 Å². The monoisotopic (exact) mass is 740 g/mol. The summed E-state index contributed by atoms with van der Waals surface area (Å²) in [5.41, 5.74) is 18.9. The summed E-state index contributed by atoms with van der Waals surface area (Å²) in [6.45, 7) is 24.2. The number of hydrogen-bond donors (Lipinski definition) is 0. The van der Waals surface area contributed by atoms with E-state index in [-0.39, 0.29) is 30.2 Å². The molecule has 2 aliphatic carbocycles. The Hall–Kier alpha value is -1.96. The first-order valence-corrected chi connectivity index (χ1v) is 25.4. The molecule has 4 aromatic carbocycles. The Morgan fingerprint density at radius 2 is 1.15 bits per heavy atom. The van der Waals surface area contributed by atoms with Crippen LogP contribution in [0.1, 0.15) is 87.7 Å². The number of aryl methyl sites for hydroxylation is 2. The van der Waals surface area contributed by atoms with Gasteiger partial charge < -0.3 is 24.8 Å². The first-order chi connectivity index (χ1) is 20.8. The summed E-state index contributed by atoms with van der Waals surface area (Å²) in [5.74, 6) is 0.545. The minimum atomic E-state index is -2.21. The van der Waals surface area contributed by atoms with Crippen LogP contribution in [0.25, 0.3) is 34.4 Å². The maximum absolute atomic E-state index is 2.65. The molecule has 0 aromatic heterocycles. The van der Waals surface area contributed by atoms with Crippen molar-refractivity contribution in [1.29, 1.82) is 0 Å². The first kappa shape index (κ1) is 36.9. The molecule has 0 amide bonds. The zero-order valence-corrected chi connectivity index (χ0v) is 34.1. The average molecular weight is 743 g/mol. The third-order valence-electron chi connectivity index (χ3n) is 9.82. The van der Waals surface area contributed by atoms with Gasteiger partial charge in [-0.2, -0.15) is 0 Å². The van der Waals surface area contributed by atoms with Crippen molar-refractivity contribution >= 4 is 17.6 Å². The van der Waals surface area contributed by atoms with E-state index in [1.807, 2.05) is 0 Å². The largest absolute Gasteiger partial charge is 1.00 e. The van der Waals surface area contributed by atoms with Gasteiger partial charge in [0.1, 0.15) is 0 Å². The molecule has 4 aromatic rings. The molecule has 238 valence electrons. The summed E-state index contributed by atoms with van der Waals surface area (Å²) < 4.78 is 1.26. The molecule has 0 saturated carbocycles. The molecule has 0 bridgehead atoms. The molecule has 0 fully saturated rings. The van der Waals surface area contributed by atoms with Crippen LogP contribution in [-0.2, 0) is 25.8 Å². The topological polar surface area (TPSA) is 0 Å². The summed E-state index contributed by atoms with van der Waals surface area (Å²) in [6, 6.07) is 30.5. The van der Waals surface area contributed by atoms with Gasteiger partial charge in [-0.15, -0.1) is 0 Å². The zero-order valence-electron chi connectivity index (χ0n) is 29.1. The molecule has 0 aliphatic heterocycles. The second-order valence-electron chi connectivity index (χ2n) is 14.8. The molecule has 0 N–H and O–H groups in total. The van der Waals surface area contributed by atoms with E-state index in [1.165, 1.54) is 50.1 Å². The van der Waals surface area contributed by atoms with Crippen LogP contribution in [0.5, 0.6) is 0 Å². The van der Waals surface area contributed by atoms with Crippen molar-refractivity contribution < 1.29 is 45.2 Å². The molecule has 0 nitrogen and oxygen atoms in total. The maximum atomic E-state index is 2.65. The van der Waals surface area contributed by atoms with Gasteiger partial charge in [0.15, 0.2) is 0 Å². The number of hydrogen-bond acceptors (Lipinski definition) is 0. The van der Waals surface area contributed by atoms with Crippen LogP contribution in [0.15, 0.2) is 90.0 Å². The molecule has 0 spiro atoms. The Labute approximate surface area is 298 Å². The summed E-state index contributed by atoms with van der Waals surface area (Å²) in [4.78, 5) is 0. The number of allylic oxidation sites excluding steroid dienone is 2. The maximum Gasteiger partial charge on any atom is -1.00 e. The van der Waals surface area contributed by atoms with E-state index in [4.69, 9.17) is 0 Å². The van der Waals surface area contributed by atoms with Crippen molar-refractivity contribution in [3.63, 3.8) is 0 Å². The zero-order chi connectivity index (χ0) is 31.5. The van der Waals surface area contributed by atoms with Gasteiger partial charge in [0.25, 0.3) is 0 Å². The molecular formula is C42H48Cl2SiZr. The molecule has 2 aliphatic rings. The van der Waals surface area contributed by atoms with E-state index in [0.29, 0.717) is 13.2 Å². The normalized spacial score (nSPS) is 16.4. The number of rotatable bonds is 5. The van der Waals surface area contributed by atoms with Gasteiger partial charge in [-0.3, -0.25) is 0 Å². The van der Waals surface area contributed by atoms with Crippen molar-refractivity contribution in [1.82, 2.24) is 0 Å². The Bertz CT molecular complexity index is 1850. The van der Waals surface area contributed by atoms with Gasteiger partial charge in [0, 0.05) is 0 Å².